The molecule has 0 spiro atoms. The Kier molecular flexibility index (Phi) is 4.72. The fourth-order valence-electron chi connectivity index (χ4n) is 1.44. The van der Waals surface area contributed by atoms with E-state index in [4.69, 9.17) is 5.73 Å². The minimum absolute atomic E-state index is 0.164. The van der Waals surface area contributed by atoms with Gasteiger partial charge in [-0.3, -0.25) is 9.59 Å². The molecule has 0 fully saturated rings. The molecule has 3 N–H and O–H groups in total. The third-order valence-corrected chi connectivity index (χ3v) is 3.09. The lowest BCUT2D eigenvalue weighted by atomic mass is 10.1. The number of nitrogens with two attached hydrogens (primary N) is 1. The number of nitrogen functional groups attached to an aromatic ring is 1. The minimum Gasteiger partial charge on any atom is -0.399 e. The molecule has 0 saturated carbocycles. The highest BCUT2D eigenvalue weighted by Gasteiger charge is 2.19. The zero-order chi connectivity index (χ0) is 13.9. The van der Waals surface area contributed by atoms with E-state index >= 15 is 0 Å². The summed E-state index contributed by atoms with van der Waals surface area (Å²) in [5, 5.41) is 2.63. The number of benzene rings is 1. The number of carbonyl (C=O) groups excluding carboxylic acids is 2. The Morgan fingerprint density at radius 1 is 1.39 bits per heavy atom. The third-order valence-electron chi connectivity index (χ3n) is 2.39. The molecule has 0 heterocycles. The van der Waals surface area contributed by atoms with Gasteiger partial charge in [-0.2, -0.15) is 0 Å². The summed E-state index contributed by atoms with van der Waals surface area (Å²) in [7, 11) is 3.28. The normalized spacial score (nSPS) is 11.8. The van der Waals surface area contributed by atoms with Gasteiger partial charge in [0.1, 0.15) is 6.04 Å². The maximum absolute atomic E-state index is 12.0. The number of halogens is 1. The first-order valence-corrected chi connectivity index (χ1v) is 6.19. The quantitative estimate of drug-likeness (QED) is 0.824. The molecule has 0 aromatic heterocycles. The van der Waals surface area contributed by atoms with Crippen molar-refractivity contribution in [3.63, 3.8) is 0 Å². The molecule has 1 unspecified atom stereocenters. The van der Waals surface area contributed by atoms with Gasteiger partial charge in [-0.15, -0.1) is 0 Å². The zero-order valence-corrected chi connectivity index (χ0v) is 12.1. The van der Waals surface area contributed by atoms with Gasteiger partial charge < -0.3 is 16.0 Å². The Hall–Kier alpha value is -1.56. The topological polar surface area (TPSA) is 75.4 Å². The number of carbonyl (C=O) groups is 2. The number of hydrogen-bond acceptors (Lipinski definition) is 3. The molecule has 2 amide bonds. The van der Waals surface area contributed by atoms with Crippen LogP contribution in [0.4, 0.5) is 5.69 Å². The second kappa shape index (κ2) is 5.86. The number of nitrogens with zero attached hydrogens (tertiary/aromatic N) is 1. The van der Waals surface area contributed by atoms with Crippen molar-refractivity contribution in [2.75, 3.05) is 19.8 Å². The standard InChI is InChI=1S/C12H16BrN3O2/c1-7(12(18)16(2)3)15-11(17)9-6-8(14)4-5-10(9)13/h4-7H,14H2,1-3H3,(H,15,17). The van der Waals surface area contributed by atoms with Crippen LogP contribution < -0.4 is 11.1 Å². The van der Waals surface area contributed by atoms with E-state index in [2.05, 4.69) is 21.2 Å². The number of rotatable bonds is 3. The molecule has 0 aliphatic carbocycles. The Morgan fingerprint density at radius 3 is 2.56 bits per heavy atom. The van der Waals surface area contributed by atoms with E-state index < -0.39 is 6.04 Å². The summed E-state index contributed by atoms with van der Waals surface area (Å²) in [5.74, 6) is -0.500. The van der Waals surface area contributed by atoms with E-state index in [9.17, 15) is 9.59 Å². The van der Waals surface area contributed by atoms with Crippen LogP contribution in [0, 0.1) is 0 Å². The molecule has 0 aliphatic heterocycles. The maximum Gasteiger partial charge on any atom is 0.253 e. The van der Waals surface area contributed by atoms with E-state index in [-0.39, 0.29) is 11.8 Å². The molecule has 98 valence electrons. The van der Waals surface area contributed by atoms with Gasteiger partial charge in [0.15, 0.2) is 0 Å². The number of anilines is 1. The Bertz CT molecular complexity index is 474. The van der Waals surface area contributed by atoms with Gasteiger partial charge in [0, 0.05) is 24.3 Å². The van der Waals surface area contributed by atoms with Crippen LogP contribution in [0.5, 0.6) is 0 Å². The van der Waals surface area contributed by atoms with Crippen molar-refractivity contribution in [2.45, 2.75) is 13.0 Å². The predicted molar refractivity (Wildman–Crippen MR) is 74.2 cm³/mol. The van der Waals surface area contributed by atoms with Crippen molar-refractivity contribution in [1.29, 1.82) is 0 Å². The van der Waals surface area contributed by atoms with E-state index in [1.165, 1.54) is 4.90 Å². The highest BCUT2D eigenvalue weighted by Crippen LogP contribution is 2.19. The van der Waals surface area contributed by atoms with Crippen molar-refractivity contribution in [2.24, 2.45) is 0 Å². The van der Waals surface area contributed by atoms with E-state index in [0.29, 0.717) is 15.7 Å². The molecule has 0 aliphatic rings. The highest BCUT2D eigenvalue weighted by atomic mass is 79.9. The summed E-state index contributed by atoms with van der Waals surface area (Å²) < 4.78 is 0.638. The highest BCUT2D eigenvalue weighted by molar-refractivity contribution is 9.10. The van der Waals surface area contributed by atoms with E-state index in [0.717, 1.165) is 0 Å². The molecular formula is C12H16BrN3O2. The lowest BCUT2D eigenvalue weighted by Gasteiger charge is -2.18. The van der Waals surface area contributed by atoms with Crippen molar-refractivity contribution in [3.05, 3.63) is 28.2 Å². The summed E-state index contributed by atoms with van der Waals surface area (Å²) in [6.07, 6.45) is 0. The van der Waals surface area contributed by atoms with Gasteiger partial charge in [0.25, 0.3) is 5.91 Å². The molecule has 1 atom stereocenters. The van der Waals surface area contributed by atoms with Crippen LogP contribution in [-0.4, -0.2) is 36.9 Å². The average molecular weight is 314 g/mol. The fraction of sp³-hybridized carbons (Fsp3) is 0.333. The Labute approximate surface area is 114 Å². The van der Waals surface area contributed by atoms with Crippen LogP contribution in [0.1, 0.15) is 17.3 Å². The van der Waals surface area contributed by atoms with Crippen molar-refractivity contribution in [3.8, 4) is 0 Å². The Balaban J connectivity index is 2.83. The summed E-state index contributed by atoms with van der Waals surface area (Å²) >= 11 is 3.28. The van der Waals surface area contributed by atoms with Gasteiger partial charge in [0.2, 0.25) is 5.91 Å². The third kappa shape index (κ3) is 3.46. The first-order valence-electron chi connectivity index (χ1n) is 5.40. The van der Waals surface area contributed by atoms with Gasteiger partial charge in [-0.05, 0) is 41.1 Å². The summed E-state index contributed by atoms with van der Waals surface area (Å²) in [4.78, 5) is 25.1. The smallest absolute Gasteiger partial charge is 0.253 e. The van der Waals surface area contributed by atoms with Gasteiger partial charge in [-0.25, -0.2) is 0 Å². The van der Waals surface area contributed by atoms with Gasteiger partial charge in [-0.1, -0.05) is 0 Å². The molecule has 1 aromatic rings. The molecule has 0 bridgehead atoms. The van der Waals surface area contributed by atoms with Gasteiger partial charge in [0.05, 0.1) is 5.56 Å². The van der Waals surface area contributed by atoms with Crippen LogP contribution in [0.3, 0.4) is 0 Å². The average Bonchev–Trinajstić information content (AvgIpc) is 2.30. The molecule has 0 saturated heterocycles. The summed E-state index contributed by atoms with van der Waals surface area (Å²) in [6, 6.07) is 4.37. The number of nitrogens with one attached hydrogen (secondary N) is 1. The van der Waals surface area contributed by atoms with E-state index in [1.54, 1.807) is 39.2 Å². The molecule has 6 heteroatoms. The minimum atomic E-state index is -0.583. The molecule has 0 radical (unpaired) electrons. The van der Waals surface area contributed by atoms with Crippen LogP contribution in [0.25, 0.3) is 0 Å². The Morgan fingerprint density at radius 2 is 2.00 bits per heavy atom. The monoisotopic (exact) mass is 313 g/mol. The maximum atomic E-state index is 12.0. The van der Waals surface area contributed by atoms with Crippen molar-refractivity contribution >= 4 is 33.4 Å². The second-order valence-electron chi connectivity index (χ2n) is 4.17. The lowest BCUT2D eigenvalue weighted by Crippen LogP contribution is -2.44. The van der Waals surface area contributed by atoms with Gasteiger partial charge >= 0.3 is 0 Å². The first-order chi connectivity index (χ1) is 8.32. The molecule has 1 aromatic carbocycles. The SMILES string of the molecule is CC(NC(=O)c1cc(N)ccc1Br)C(=O)N(C)C. The zero-order valence-electron chi connectivity index (χ0n) is 10.5. The van der Waals surface area contributed by atoms with Crippen LogP contribution in [0.2, 0.25) is 0 Å². The van der Waals surface area contributed by atoms with Crippen molar-refractivity contribution in [1.82, 2.24) is 10.2 Å². The number of hydrogen-bond donors (Lipinski definition) is 2. The number of amides is 2. The lowest BCUT2D eigenvalue weighted by molar-refractivity contribution is -0.130. The summed E-state index contributed by atoms with van der Waals surface area (Å²) in [5.41, 5.74) is 6.53. The largest absolute Gasteiger partial charge is 0.399 e. The molecular weight excluding hydrogens is 298 g/mol. The second-order valence-corrected chi connectivity index (χ2v) is 5.02. The number of likely N-dealkylation sites (N-methyl/N-ethyl adjacent to an activating group) is 1. The first kappa shape index (κ1) is 14.5. The summed E-state index contributed by atoms with van der Waals surface area (Å²) in [6.45, 7) is 1.64. The van der Waals surface area contributed by atoms with Crippen LogP contribution in [-0.2, 0) is 4.79 Å². The fourth-order valence-corrected chi connectivity index (χ4v) is 1.87. The molecule has 5 nitrogen and oxygen atoms in total. The van der Waals surface area contributed by atoms with E-state index in [1.807, 2.05) is 0 Å². The van der Waals surface area contributed by atoms with Crippen LogP contribution >= 0.6 is 15.9 Å². The van der Waals surface area contributed by atoms with Crippen molar-refractivity contribution < 1.29 is 9.59 Å². The molecule has 18 heavy (non-hydrogen) atoms. The van der Waals surface area contributed by atoms with Crippen LogP contribution in [0.15, 0.2) is 22.7 Å². The molecule has 1 rings (SSSR count). The predicted octanol–water partition coefficient (Wildman–Crippen LogP) is 1.24.